The summed E-state index contributed by atoms with van der Waals surface area (Å²) in [4.78, 5) is 24.9. The second-order valence-electron chi connectivity index (χ2n) is 6.04. The molecule has 144 valence electrons. The fourth-order valence-electron chi connectivity index (χ4n) is 2.23. The van der Waals surface area contributed by atoms with Crippen molar-refractivity contribution in [1.82, 2.24) is 5.32 Å². The van der Waals surface area contributed by atoms with E-state index in [4.69, 9.17) is 0 Å². The van der Waals surface area contributed by atoms with E-state index in [0.717, 1.165) is 12.1 Å². The van der Waals surface area contributed by atoms with Crippen LogP contribution in [0.25, 0.3) is 0 Å². The first-order chi connectivity index (χ1) is 12.7. The predicted molar refractivity (Wildman–Crippen MR) is 99.8 cm³/mol. The Balaban J connectivity index is 2.07. The maximum Gasteiger partial charge on any atom is 0.416 e. The van der Waals surface area contributed by atoms with Crippen molar-refractivity contribution in [2.75, 3.05) is 11.1 Å². The van der Waals surface area contributed by atoms with Gasteiger partial charge in [-0.2, -0.15) is 13.2 Å². The number of anilines is 1. The van der Waals surface area contributed by atoms with E-state index in [2.05, 4.69) is 10.6 Å². The van der Waals surface area contributed by atoms with Gasteiger partial charge in [-0.3, -0.25) is 9.59 Å². The van der Waals surface area contributed by atoms with Gasteiger partial charge in [0.2, 0.25) is 5.91 Å². The van der Waals surface area contributed by atoms with Crippen LogP contribution in [0, 0.1) is 0 Å². The van der Waals surface area contributed by atoms with Crippen molar-refractivity contribution in [3.63, 3.8) is 0 Å². The van der Waals surface area contributed by atoms with E-state index in [0.29, 0.717) is 10.5 Å². The lowest BCUT2D eigenvalue weighted by molar-refractivity contribution is -0.137. The Kier molecular flexibility index (Phi) is 6.90. The van der Waals surface area contributed by atoms with Crippen molar-refractivity contribution >= 4 is 29.3 Å². The van der Waals surface area contributed by atoms with Gasteiger partial charge in [-0.05, 0) is 50.2 Å². The highest BCUT2D eigenvalue weighted by molar-refractivity contribution is 8.00. The Hall–Kier alpha value is -2.48. The van der Waals surface area contributed by atoms with Crippen molar-refractivity contribution in [2.24, 2.45) is 0 Å². The highest BCUT2D eigenvalue weighted by Gasteiger charge is 2.30. The molecule has 0 aromatic heterocycles. The number of alkyl halides is 3. The van der Waals surface area contributed by atoms with E-state index in [1.165, 1.54) is 23.9 Å². The normalized spacial score (nSPS) is 11.3. The molecule has 0 heterocycles. The lowest BCUT2D eigenvalue weighted by Gasteiger charge is -2.12. The Bertz CT molecular complexity index is 805. The third-order valence-corrected chi connectivity index (χ3v) is 4.48. The molecule has 0 saturated carbocycles. The van der Waals surface area contributed by atoms with Crippen molar-refractivity contribution in [2.45, 2.75) is 31.0 Å². The zero-order valence-electron chi connectivity index (χ0n) is 14.8. The van der Waals surface area contributed by atoms with Gasteiger partial charge in [0.15, 0.2) is 0 Å². The summed E-state index contributed by atoms with van der Waals surface area (Å²) in [5.41, 5.74) is -0.183. The first-order valence-corrected chi connectivity index (χ1v) is 9.15. The predicted octanol–water partition coefficient (Wildman–Crippen LogP) is 4.57. The van der Waals surface area contributed by atoms with Crippen molar-refractivity contribution in [3.8, 4) is 0 Å². The number of rotatable bonds is 6. The number of halogens is 3. The fourth-order valence-corrected chi connectivity index (χ4v) is 3.09. The first kappa shape index (κ1) is 20.8. The van der Waals surface area contributed by atoms with Gasteiger partial charge in [0.1, 0.15) is 0 Å². The Labute approximate surface area is 159 Å². The van der Waals surface area contributed by atoms with E-state index in [-0.39, 0.29) is 23.4 Å². The second kappa shape index (κ2) is 8.94. The molecule has 0 radical (unpaired) electrons. The van der Waals surface area contributed by atoms with Crippen LogP contribution in [0.15, 0.2) is 53.4 Å². The Morgan fingerprint density at radius 3 is 2.26 bits per heavy atom. The highest BCUT2D eigenvalue weighted by Crippen LogP contribution is 2.30. The SMILES string of the molecule is CC(C)NC(=O)CSc1ccccc1C(=O)Nc1ccc(C(F)(F)F)cc1. The van der Waals surface area contributed by atoms with E-state index in [9.17, 15) is 22.8 Å². The molecular formula is C19H19F3N2O2S. The molecule has 0 aliphatic rings. The fraction of sp³-hybridized carbons (Fsp3) is 0.263. The minimum absolute atomic E-state index is 0.0244. The molecule has 2 aromatic rings. The van der Waals surface area contributed by atoms with Crippen molar-refractivity contribution in [3.05, 3.63) is 59.7 Å². The molecule has 0 atom stereocenters. The highest BCUT2D eigenvalue weighted by atomic mass is 32.2. The summed E-state index contributed by atoms with van der Waals surface area (Å²) >= 11 is 1.22. The van der Waals surface area contributed by atoms with Crippen LogP contribution in [0.3, 0.4) is 0 Å². The summed E-state index contributed by atoms with van der Waals surface area (Å²) < 4.78 is 37.8. The average Bonchev–Trinajstić information content (AvgIpc) is 2.59. The molecule has 2 rings (SSSR count). The maximum atomic E-state index is 12.6. The van der Waals surface area contributed by atoms with Gasteiger partial charge >= 0.3 is 6.18 Å². The summed E-state index contributed by atoms with van der Waals surface area (Å²) in [5, 5.41) is 5.34. The van der Waals surface area contributed by atoms with Crippen LogP contribution >= 0.6 is 11.8 Å². The molecule has 0 spiro atoms. The van der Waals surface area contributed by atoms with Crippen LogP contribution < -0.4 is 10.6 Å². The van der Waals surface area contributed by atoms with E-state index in [1.807, 2.05) is 13.8 Å². The third kappa shape index (κ3) is 6.32. The van der Waals surface area contributed by atoms with Crippen LogP contribution in [0.5, 0.6) is 0 Å². The minimum Gasteiger partial charge on any atom is -0.353 e. The average molecular weight is 396 g/mol. The summed E-state index contributed by atoms with van der Waals surface area (Å²) in [5.74, 6) is -0.446. The monoisotopic (exact) mass is 396 g/mol. The molecule has 2 aromatic carbocycles. The van der Waals surface area contributed by atoms with Gasteiger partial charge in [-0.15, -0.1) is 11.8 Å². The molecule has 27 heavy (non-hydrogen) atoms. The maximum absolute atomic E-state index is 12.6. The van der Waals surface area contributed by atoms with Gasteiger partial charge in [-0.1, -0.05) is 12.1 Å². The summed E-state index contributed by atoms with van der Waals surface area (Å²) in [6.07, 6.45) is -4.43. The lowest BCUT2D eigenvalue weighted by Crippen LogP contribution is -2.31. The van der Waals surface area contributed by atoms with Crippen LogP contribution in [0.4, 0.5) is 18.9 Å². The molecule has 2 N–H and O–H groups in total. The van der Waals surface area contributed by atoms with Crippen molar-refractivity contribution < 1.29 is 22.8 Å². The Morgan fingerprint density at radius 2 is 1.67 bits per heavy atom. The first-order valence-electron chi connectivity index (χ1n) is 8.16. The number of carbonyl (C=O) groups excluding carboxylic acids is 2. The number of thioether (sulfide) groups is 1. The summed E-state index contributed by atoms with van der Waals surface area (Å²) in [6.45, 7) is 3.71. The molecule has 0 unspecified atom stereocenters. The molecule has 8 heteroatoms. The molecule has 0 saturated heterocycles. The van der Waals surface area contributed by atoms with E-state index in [1.54, 1.807) is 24.3 Å². The molecule has 4 nitrogen and oxygen atoms in total. The summed E-state index contributed by atoms with van der Waals surface area (Å²) in [7, 11) is 0. The number of benzene rings is 2. The number of carbonyl (C=O) groups is 2. The molecule has 0 bridgehead atoms. The zero-order chi connectivity index (χ0) is 20.0. The standard InChI is InChI=1S/C19H19F3N2O2S/c1-12(2)23-17(25)11-27-16-6-4-3-5-15(16)18(26)24-14-9-7-13(8-10-14)19(20,21)22/h3-10,12H,11H2,1-2H3,(H,23,25)(H,24,26). The summed E-state index contributed by atoms with van der Waals surface area (Å²) in [6, 6.07) is 11.0. The van der Waals surface area contributed by atoms with Gasteiger partial charge in [0, 0.05) is 16.6 Å². The van der Waals surface area contributed by atoms with Crippen LogP contribution in [0.1, 0.15) is 29.8 Å². The topological polar surface area (TPSA) is 58.2 Å². The van der Waals surface area contributed by atoms with Gasteiger partial charge in [-0.25, -0.2) is 0 Å². The van der Waals surface area contributed by atoms with E-state index >= 15 is 0 Å². The van der Waals surface area contributed by atoms with Crippen molar-refractivity contribution in [1.29, 1.82) is 0 Å². The molecule has 0 fully saturated rings. The number of nitrogens with one attached hydrogen (secondary N) is 2. The van der Waals surface area contributed by atoms with Crippen LogP contribution in [-0.2, 0) is 11.0 Å². The quantitative estimate of drug-likeness (QED) is 0.703. The zero-order valence-corrected chi connectivity index (χ0v) is 15.6. The largest absolute Gasteiger partial charge is 0.416 e. The van der Waals surface area contributed by atoms with Crippen LogP contribution in [0.2, 0.25) is 0 Å². The minimum atomic E-state index is -4.43. The van der Waals surface area contributed by atoms with Gasteiger partial charge < -0.3 is 10.6 Å². The van der Waals surface area contributed by atoms with Gasteiger partial charge in [0.25, 0.3) is 5.91 Å². The third-order valence-electron chi connectivity index (χ3n) is 3.41. The number of hydrogen-bond acceptors (Lipinski definition) is 3. The van der Waals surface area contributed by atoms with E-state index < -0.39 is 17.6 Å². The molecule has 0 aliphatic heterocycles. The van der Waals surface area contributed by atoms with Gasteiger partial charge in [0.05, 0.1) is 16.9 Å². The Morgan fingerprint density at radius 1 is 1.04 bits per heavy atom. The molecular weight excluding hydrogens is 377 g/mol. The molecule has 0 aliphatic carbocycles. The smallest absolute Gasteiger partial charge is 0.353 e. The number of hydrogen-bond donors (Lipinski definition) is 2. The van der Waals surface area contributed by atoms with Crippen LogP contribution in [-0.4, -0.2) is 23.6 Å². The lowest BCUT2D eigenvalue weighted by atomic mass is 10.1. The number of amides is 2. The second-order valence-corrected chi connectivity index (χ2v) is 7.05. The molecule has 2 amide bonds.